The van der Waals surface area contributed by atoms with Crippen LogP contribution in [0.15, 0.2) is 54.6 Å². The van der Waals surface area contributed by atoms with Gasteiger partial charge in [-0.05, 0) is 41.8 Å². The standard InChI is InChI=1S/C16H12ClNOS/c17-13-7-5-11(6-8-13)16(19)18-10-14-9-12-3-1-2-4-15(12)20-14/h1-9H,10H2,(H,18,19). The first kappa shape index (κ1) is 13.2. The molecule has 0 aliphatic heterocycles. The molecule has 0 atom stereocenters. The molecule has 0 unspecified atom stereocenters. The van der Waals surface area contributed by atoms with E-state index in [4.69, 9.17) is 11.6 Å². The van der Waals surface area contributed by atoms with Crippen molar-refractivity contribution in [2.45, 2.75) is 6.54 Å². The number of carbonyl (C=O) groups is 1. The molecule has 1 N–H and O–H groups in total. The van der Waals surface area contributed by atoms with Crippen molar-refractivity contribution in [2.24, 2.45) is 0 Å². The van der Waals surface area contributed by atoms with E-state index in [-0.39, 0.29) is 5.91 Å². The smallest absolute Gasteiger partial charge is 0.251 e. The third-order valence-electron chi connectivity index (χ3n) is 3.01. The molecule has 0 aliphatic rings. The average Bonchev–Trinajstić information content (AvgIpc) is 2.88. The number of carbonyl (C=O) groups excluding carboxylic acids is 1. The van der Waals surface area contributed by atoms with Gasteiger partial charge in [0.15, 0.2) is 0 Å². The van der Waals surface area contributed by atoms with Crippen molar-refractivity contribution in [3.8, 4) is 0 Å². The van der Waals surface area contributed by atoms with E-state index in [9.17, 15) is 4.79 Å². The van der Waals surface area contributed by atoms with Crippen LogP contribution in [0.1, 0.15) is 15.2 Å². The molecule has 1 aromatic heterocycles. The Bertz CT molecular complexity index is 716. The quantitative estimate of drug-likeness (QED) is 0.759. The fourth-order valence-electron chi connectivity index (χ4n) is 1.99. The van der Waals surface area contributed by atoms with Crippen molar-refractivity contribution in [3.05, 3.63) is 70.1 Å². The lowest BCUT2D eigenvalue weighted by Crippen LogP contribution is -2.22. The van der Waals surface area contributed by atoms with Crippen molar-refractivity contribution < 1.29 is 4.79 Å². The van der Waals surface area contributed by atoms with Gasteiger partial charge in [-0.1, -0.05) is 29.8 Å². The predicted octanol–water partition coefficient (Wildman–Crippen LogP) is 4.48. The Labute approximate surface area is 126 Å². The zero-order valence-corrected chi connectivity index (χ0v) is 12.2. The molecule has 0 spiro atoms. The predicted molar refractivity (Wildman–Crippen MR) is 84.4 cm³/mol. The van der Waals surface area contributed by atoms with Gasteiger partial charge in [0.1, 0.15) is 0 Å². The monoisotopic (exact) mass is 301 g/mol. The van der Waals surface area contributed by atoms with Crippen LogP contribution in [-0.2, 0) is 6.54 Å². The number of nitrogens with one attached hydrogen (secondary N) is 1. The van der Waals surface area contributed by atoms with Gasteiger partial charge in [0.05, 0.1) is 6.54 Å². The molecule has 0 saturated heterocycles. The van der Waals surface area contributed by atoms with Gasteiger partial charge in [0.25, 0.3) is 5.91 Å². The average molecular weight is 302 g/mol. The summed E-state index contributed by atoms with van der Waals surface area (Å²) in [4.78, 5) is 13.1. The lowest BCUT2D eigenvalue weighted by Gasteiger charge is -2.03. The molecule has 0 aliphatic carbocycles. The number of halogens is 1. The molecule has 0 saturated carbocycles. The van der Waals surface area contributed by atoms with Gasteiger partial charge in [-0.15, -0.1) is 11.3 Å². The van der Waals surface area contributed by atoms with Gasteiger partial charge in [-0.3, -0.25) is 4.79 Å². The largest absolute Gasteiger partial charge is 0.347 e. The lowest BCUT2D eigenvalue weighted by molar-refractivity contribution is 0.0951. The molecule has 0 radical (unpaired) electrons. The number of rotatable bonds is 3. The highest BCUT2D eigenvalue weighted by Gasteiger charge is 2.06. The molecule has 20 heavy (non-hydrogen) atoms. The van der Waals surface area contributed by atoms with Gasteiger partial charge >= 0.3 is 0 Å². The zero-order valence-electron chi connectivity index (χ0n) is 10.6. The Morgan fingerprint density at radius 1 is 1.10 bits per heavy atom. The van der Waals surface area contributed by atoms with Gasteiger partial charge < -0.3 is 5.32 Å². The van der Waals surface area contributed by atoms with Crippen molar-refractivity contribution in [1.29, 1.82) is 0 Å². The summed E-state index contributed by atoms with van der Waals surface area (Å²) >= 11 is 7.51. The highest BCUT2D eigenvalue weighted by Crippen LogP contribution is 2.25. The van der Waals surface area contributed by atoms with Crippen LogP contribution in [0.3, 0.4) is 0 Å². The van der Waals surface area contributed by atoms with Crippen LogP contribution in [0, 0.1) is 0 Å². The summed E-state index contributed by atoms with van der Waals surface area (Å²) in [5, 5.41) is 4.77. The Kier molecular flexibility index (Phi) is 3.72. The van der Waals surface area contributed by atoms with Crippen LogP contribution in [0.4, 0.5) is 0 Å². The minimum atomic E-state index is -0.0841. The molecule has 100 valence electrons. The zero-order chi connectivity index (χ0) is 13.9. The lowest BCUT2D eigenvalue weighted by atomic mass is 10.2. The molecule has 2 nitrogen and oxygen atoms in total. The van der Waals surface area contributed by atoms with Crippen LogP contribution in [0.5, 0.6) is 0 Å². The maximum absolute atomic E-state index is 12.0. The second-order valence-electron chi connectivity index (χ2n) is 4.44. The van der Waals surface area contributed by atoms with Crippen molar-refractivity contribution >= 4 is 38.9 Å². The second kappa shape index (κ2) is 5.65. The van der Waals surface area contributed by atoms with Crippen LogP contribution >= 0.6 is 22.9 Å². The number of fused-ring (bicyclic) bond motifs is 1. The highest BCUT2D eigenvalue weighted by molar-refractivity contribution is 7.19. The molecule has 3 aromatic rings. The van der Waals surface area contributed by atoms with E-state index in [1.54, 1.807) is 35.6 Å². The van der Waals surface area contributed by atoms with Crippen molar-refractivity contribution in [2.75, 3.05) is 0 Å². The Morgan fingerprint density at radius 2 is 1.85 bits per heavy atom. The van der Waals surface area contributed by atoms with E-state index >= 15 is 0 Å². The maximum Gasteiger partial charge on any atom is 0.251 e. The summed E-state index contributed by atoms with van der Waals surface area (Å²) in [5.74, 6) is -0.0841. The van der Waals surface area contributed by atoms with E-state index in [1.807, 2.05) is 12.1 Å². The summed E-state index contributed by atoms with van der Waals surface area (Å²) in [7, 11) is 0. The minimum absolute atomic E-state index is 0.0841. The Balaban J connectivity index is 1.69. The van der Waals surface area contributed by atoms with Gasteiger partial charge in [-0.2, -0.15) is 0 Å². The van der Waals surface area contributed by atoms with Crippen LogP contribution in [0.2, 0.25) is 5.02 Å². The van der Waals surface area contributed by atoms with Crippen LogP contribution in [0.25, 0.3) is 10.1 Å². The molecule has 4 heteroatoms. The second-order valence-corrected chi connectivity index (χ2v) is 6.04. The van der Waals surface area contributed by atoms with Gasteiger partial charge in [0.2, 0.25) is 0 Å². The van der Waals surface area contributed by atoms with E-state index in [1.165, 1.54) is 10.1 Å². The van der Waals surface area contributed by atoms with Gasteiger partial charge in [-0.25, -0.2) is 0 Å². The fraction of sp³-hybridized carbons (Fsp3) is 0.0625. The molecular formula is C16H12ClNOS. The SMILES string of the molecule is O=C(NCc1cc2ccccc2s1)c1ccc(Cl)cc1. The number of amides is 1. The maximum atomic E-state index is 12.0. The molecule has 1 amide bonds. The number of benzene rings is 2. The summed E-state index contributed by atoms with van der Waals surface area (Å²) in [6.45, 7) is 0.542. The minimum Gasteiger partial charge on any atom is -0.347 e. The first-order chi connectivity index (χ1) is 9.72. The third kappa shape index (κ3) is 2.84. The third-order valence-corrected chi connectivity index (χ3v) is 4.37. The fourth-order valence-corrected chi connectivity index (χ4v) is 3.12. The van der Waals surface area contributed by atoms with Crippen LogP contribution in [-0.4, -0.2) is 5.91 Å². The summed E-state index contributed by atoms with van der Waals surface area (Å²) < 4.78 is 1.24. The van der Waals surface area contributed by atoms with Gasteiger partial charge in [0, 0.05) is 20.2 Å². The molecular weight excluding hydrogens is 290 g/mol. The molecule has 3 rings (SSSR count). The molecule has 1 heterocycles. The highest BCUT2D eigenvalue weighted by atomic mass is 35.5. The van der Waals surface area contributed by atoms with Crippen molar-refractivity contribution in [3.63, 3.8) is 0 Å². The number of thiophene rings is 1. The topological polar surface area (TPSA) is 29.1 Å². The summed E-state index contributed by atoms with van der Waals surface area (Å²) in [6.07, 6.45) is 0. The van der Waals surface area contributed by atoms with E-state index in [0.717, 1.165) is 4.88 Å². The van der Waals surface area contributed by atoms with E-state index in [2.05, 4.69) is 23.5 Å². The molecule has 0 bridgehead atoms. The van der Waals surface area contributed by atoms with Crippen molar-refractivity contribution in [1.82, 2.24) is 5.32 Å². The van der Waals surface area contributed by atoms with E-state index in [0.29, 0.717) is 17.1 Å². The summed E-state index contributed by atoms with van der Waals surface area (Å²) in [5.41, 5.74) is 0.621. The Morgan fingerprint density at radius 3 is 2.60 bits per heavy atom. The number of hydrogen-bond donors (Lipinski definition) is 1. The molecule has 0 fully saturated rings. The molecule has 2 aromatic carbocycles. The first-order valence-electron chi connectivity index (χ1n) is 6.23. The summed E-state index contributed by atoms with van der Waals surface area (Å²) in [6, 6.07) is 17.2. The van der Waals surface area contributed by atoms with Crippen LogP contribution < -0.4 is 5.32 Å². The Hall–Kier alpha value is -1.84. The number of hydrogen-bond acceptors (Lipinski definition) is 2. The normalized spacial score (nSPS) is 10.7. The van der Waals surface area contributed by atoms with E-state index < -0.39 is 0 Å². The first-order valence-corrected chi connectivity index (χ1v) is 7.43.